The van der Waals surface area contributed by atoms with Crippen LogP contribution in [0.3, 0.4) is 0 Å². The Balaban J connectivity index is 2.69. The van der Waals surface area contributed by atoms with E-state index in [9.17, 15) is 4.39 Å². The molecular formula is C13H21FN2OS. The van der Waals surface area contributed by atoms with Gasteiger partial charge in [-0.2, -0.15) is 11.8 Å². The van der Waals surface area contributed by atoms with Crippen molar-refractivity contribution in [3.63, 3.8) is 0 Å². The Morgan fingerprint density at radius 1 is 1.39 bits per heavy atom. The summed E-state index contributed by atoms with van der Waals surface area (Å²) in [5.74, 6) is 8.13. The minimum Gasteiger partial charge on any atom is -0.497 e. The molecule has 3 N–H and O–H groups in total. The highest BCUT2D eigenvalue weighted by molar-refractivity contribution is 7.99. The number of hydrogen-bond donors (Lipinski definition) is 2. The summed E-state index contributed by atoms with van der Waals surface area (Å²) >= 11 is 1.77. The highest BCUT2D eigenvalue weighted by Crippen LogP contribution is 2.24. The van der Waals surface area contributed by atoms with Gasteiger partial charge in [0.2, 0.25) is 0 Å². The van der Waals surface area contributed by atoms with E-state index in [0.717, 1.165) is 11.5 Å². The zero-order chi connectivity index (χ0) is 13.5. The fourth-order valence-corrected chi connectivity index (χ4v) is 2.69. The lowest BCUT2D eigenvalue weighted by Gasteiger charge is -2.17. The van der Waals surface area contributed by atoms with E-state index in [4.69, 9.17) is 10.6 Å². The zero-order valence-electron chi connectivity index (χ0n) is 11.1. The molecule has 0 heterocycles. The number of nitrogens with one attached hydrogen (secondary N) is 1. The van der Waals surface area contributed by atoms with Crippen LogP contribution in [0.4, 0.5) is 4.39 Å². The van der Waals surface area contributed by atoms with Crippen molar-refractivity contribution in [1.82, 2.24) is 5.43 Å². The van der Waals surface area contributed by atoms with Crippen molar-refractivity contribution >= 4 is 11.8 Å². The molecule has 1 unspecified atom stereocenters. The van der Waals surface area contributed by atoms with E-state index in [-0.39, 0.29) is 11.9 Å². The molecule has 0 aliphatic rings. The molecule has 1 aromatic rings. The van der Waals surface area contributed by atoms with Gasteiger partial charge >= 0.3 is 0 Å². The van der Waals surface area contributed by atoms with Crippen LogP contribution in [0.25, 0.3) is 0 Å². The first kappa shape index (κ1) is 15.3. The standard InChI is InChI=1S/C13H21FN2OS/c1-9(2)7-18-8-13(16-15)11-5-4-10(17-3)6-12(11)14/h4-6,9,13,16H,7-8,15H2,1-3H3. The fraction of sp³-hybridized carbons (Fsp3) is 0.538. The van der Waals surface area contributed by atoms with Crippen LogP contribution in [0.2, 0.25) is 0 Å². The van der Waals surface area contributed by atoms with Crippen molar-refractivity contribution in [2.75, 3.05) is 18.6 Å². The van der Waals surface area contributed by atoms with Gasteiger partial charge in [0, 0.05) is 17.4 Å². The lowest BCUT2D eigenvalue weighted by atomic mass is 10.1. The highest BCUT2D eigenvalue weighted by atomic mass is 32.2. The van der Waals surface area contributed by atoms with Crippen molar-refractivity contribution in [3.8, 4) is 5.75 Å². The van der Waals surface area contributed by atoms with Gasteiger partial charge < -0.3 is 4.74 Å². The Morgan fingerprint density at radius 3 is 2.61 bits per heavy atom. The van der Waals surface area contributed by atoms with Crippen molar-refractivity contribution in [1.29, 1.82) is 0 Å². The molecule has 0 fully saturated rings. The maximum atomic E-state index is 13.9. The van der Waals surface area contributed by atoms with Crippen molar-refractivity contribution in [3.05, 3.63) is 29.6 Å². The molecule has 102 valence electrons. The number of thioether (sulfide) groups is 1. The largest absolute Gasteiger partial charge is 0.497 e. The molecule has 0 amide bonds. The number of hydrogen-bond acceptors (Lipinski definition) is 4. The first-order valence-electron chi connectivity index (χ1n) is 5.95. The van der Waals surface area contributed by atoms with Gasteiger partial charge in [-0.3, -0.25) is 11.3 Å². The van der Waals surface area contributed by atoms with Gasteiger partial charge in [0.1, 0.15) is 11.6 Å². The number of ether oxygens (including phenoxy) is 1. The molecule has 0 radical (unpaired) electrons. The van der Waals surface area contributed by atoms with Gasteiger partial charge in [0.15, 0.2) is 0 Å². The van der Waals surface area contributed by atoms with E-state index in [1.165, 1.54) is 13.2 Å². The predicted octanol–water partition coefficient (Wildman–Crippen LogP) is 2.73. The number of methoxy groups -OCH3 is 1. The van der Waals surface area contributed by atoms with Gasteiger partial charge in [0.25, 0.3) is 0 Å². The molecule has 1 atom stereocenters. The molecule has 18 heavy (non-hydrogen) atoms. The molecule has 0 aliphatic heterocycles. The Kier molecular flexibility index (Phi) is 6.46. The fourth-order valence-electron chi connectivity index (χ4n) is 1.57. The monoisotopic (exact) mass is 272 g/mol. The molecule has 1 rings (SSSR count). The van der Waals surface area contributed by atoms with Crippen molar-refractivity contribution in [2.24, 2.45) is 11.8 Å². The van der Waals surface area contributed by atoms with Crippen molar-refractivity contribution < 1.29 is 9.13 Å². The van der Waals surface area contributed by atoms with E-state index in [2.05, 4.69) is 19.3 Å². The van der Waals surface area contributed by atoms with Crippen LogP contribution in [0.5, 0.6) is 5.75 Å². The number of halogens is 1. The van der Waals surface area contributed by atoms with Gasteiger partial charge in [0.05, 0.1) is 13.2 Å². The smallest absolute Gasteiger partial charge is 0.131 e. The van der Waals surface area contributed by atoms with Crippen LogP contribution in [0.15, 0.2) is 18.2 Å². The summed E-state index contributed by atoms with van der Waals surface area (Å²) in [4.78, 5) is 0. The molecule has 0 aliphatic carbocycles. The van der Waals surface area contributed by atoms with E-state index in [1.807, 2.05) is 0 Å². The molecule has 3 nitrogen and oxygen atoms in total. The summed E-state index contributed by atoms with van der Waals surface area (Å²) in [6.07, 6.45) is 0. The molecule has 1 aromatic carbocycles. The quantitative estimate of drug-likeness (QED) is 0.592. The van der Waals surface area contributed by atoms with Crippen LogP contribution >= 0.6 is 11.8 Å². The summed E-state index contributed by atoms with van der Waals surface area (Å²) in [7, 11) is 1.52. The SMILES string of the molecule is COc1ccc(C(CSCC(C)C)NN)c(F)c1. The summed E-state index contributed by atoms with van der Waals surface area (Å²) in [6.45, 7) is 4.32. The molecule has 0 bridgehead atoms. The van der Waals surface area contributed by atoms with Crippen LogP contribution < -0.4 is 16.0 Å². The third kappa shape index (κ3) is 4.48. The lowest BCUT2D eigenvalue weighted by Crippen LogP contribution is -2.30. The first-order valence-corrected chi connectivity index (χ1v) is 7.11. The van der Waals surface area contributed by atoms with Crippen LogP contribution in [-0.4, -0.2) is 18.6 Å². The summed E-state index contributed by atoms with van der Waals surface area (Å²) in [5, 5.41) is 0. The minimum absolute atomic E-state index is 0.181. The van der Waals surface area contributed by atoms with E-state index < -0.39 is 0 Å². The molecule has 5 heteroatoms. The Morgan fingerprint density at radius 2 is 2.11 bits per heavy atom. The van der Waals surface area contributed by atoms with Gasteiger partial charge in [-0.25, -0.2) is 4.39 Å². The van der Waals surface area contributed by atoms with Crippen LogP contribution in [0, 0.1) is 11.7 Å². The normalized spacial score (nSPS) is 12.8. The number of rotatable bonds is 7. The summed E-state index contributed by atoms with van der Waals surface area (Å²) in [6, 6.07) is 4.66. The second-order valence-corrected chi connectivity index (χ2v) is 5.61. The van der Waals surface area contributed by atoms with E-state index >= 15 is 0 Å². The van der Waals surface area contributed by atoms with Gasteiger partial charge in [-0.1, -0.05) is 19.9 Å². The minimum atomic E-state index is -0.289. The average Bonchev–Trinajstić information content (AvgIpc) is 2.35. The average molecular weight is 272 g/mol. The van der Waals surface area contributed by atoms with Gasteiger partial charge in [-0.05, 0) is 17.7 Å². The zero-order valence-corrected chi connectivity index (χ0v) is 11.9. The van der Waals surface area contributed by atoms with Crippen molar-refractivity contribution in [2.45, 2.75) is 19.9 Å². The van der Waals surface area contributed by atoms with Gasteiger partial charge in [-0.15, -0.1) is 0 Å². The number of nitrogens with two attached hydrogens (primary N) is 1. The predicted molar refractivity (Wildman–Crippen MR) is 75.2 cm³/mol. The third-order valence-electron chi connectivity index (χ3n) is 2.52. The topological polar surface area (TPSA) is 47.3 Å². The Labute approximate surface area is 112 Å². The highest BCUT2D eigenvalue weighted by Gasteiger charge is 2.15. The third-order valence-corrected chi connectivity index (χ3v) is 3.99. The molecule has 0 spiro atoms. The van der Waals surface area contributed by atoms with E-state index in [1.54, 1.807) is 23.9 Å². The molecule has 0 saturated heterocycles. The van der Waals surface area contributed by atoms with Crippen LogP contribution in [0.1, 0.15) is 25.5 Å². The Hall–Kier alpha value is -0.780. The Bertz CT molecular complexity index is 374. The second-order valence-electron chi connectivity index (χ2n) is 4.54. The number of benzene rings is 1. The van der Waals surface area contributed by atoms with E-state index in [0.29, 0.717) is 17.2 Å². The first-order chi connectivity index (χ1) is 8.58. The molecule has 0 saturated carbocycles. The number of hydrazine groups is 1. The van der Waals surface area contributed by atoms with Crippen LogP contribution in [-0.2, 0) is 0 Å². The molecular weight excluding hydrogens is 251 g/mol. The summed E-state index contributed by atoms with van der Waals surface area (Å²) in [5.41, 5.74) is 3.25. The maximum absolute atomic E-state index is 13.9. The second kappa shape index (κ2) is 7.61. The maximum Gasteiger partial charge on any atom is 0.131 e. The summed E-state index contributed by atoms with van der Waals surface area (Å²) < 4.78 is 18.9. The molecule has 0 aromatic heterocycles. The lowest BCUT2D eigenvalue weighted by molar-refractivity contribution is 0.409.